The lowest BCUT2D eigenvalue weighted by atomic mass is 9.76. The number of ether oxygens (including phenoxy) is 3. The largest absolute Gasteiger partial charge is 0.493 e. The van der Waals surface area contributed by atoms with E-state index in [2.05, 4.69) is 5.32 Å². The first-order valence-corrected chi connectivity index (χ1v) is 13.1. The predicted octanol–water partition coefficient (Wildman–Crippen LogP) is 1.01. The van der Waals surface area contributed by atoms with Crippen LogP contribution in [0.4, 0.5) is 0 Å². The number of aliphatic hydroxyl groups is 3. The molecule has 4 atom stereocenters. The van der Waals surface area contributed by atoms with Crippen LogP contribution in [0.2, 0.25) is 0 Å². The number of aliphatic hydroxyl groups excluding tert-OH is 3. The summed E-state index contributed by atoms with van der Waals surface area (Å²) < 4.78 is 17.2. The number of methoxy groups -OCH3 is 1. The van der Waals surface area contributed by atoms with Gasteiger partial charge >= 0.3 is 0 Å². The maximum absolute atomic E-state index is 13.4. The summed E-state index contributed by atoms with van der Waals surface area (Å²) in [6.45, 7) is 1.69. The molecular formula is C27H38N2O8. The molecule has 1 aliphatic heterocycles. The van der Waals surface area contributed by atoms with Gasteiger partial charge in [0.15, 0.2) is 11.5 Å². The molecule has 1 heterocycles. The Morgan fingerprint density at radius 1 is 1.19 bits per heavy atom. The Hall–Kier alpha value is -2.66. The number of amides is 2. The van der Waals surface area contributed by atoms with Crippen molar-refractivity contribution in [2.45, 2.75) is 75.8 Å². The first kappa shape index (κ1) is 27.4. The molecule has 1 aromatic rings. The van der Waals surface area contributed by atoms with E-state index in [1.165, 1.54) is 7.11 Å². The van der Waals surface area contributed by atoms with E-state index >= 15 is 0 Å². The van der Waals surface area contributed by atoms with Gasteiger partial charge in [-0.1, -0.05) is 19.3 Å². The highest BCUT2D eigenvalue weighted by atomic mass is 16.5. The lowest BCUT2D eigenvalue weighted by Gasteiger charge is -2.45. The highest BCUT2D eigenvalue weighted by molar-refractivity contribution is 5.96. The van der Waals surface area contributed by atoms with Crippen LogP contribution in [0.3, 0.4) is 0 Å². The minimum absolute atomic E-state index is 0.0596. The second kappa shape index (κ2) is 12.3. The third-order valence-corrected chi connectivity index (χ3v) is 7.50. The van der Waals surface area contributed by atoms with Crippen molar-refractivity contribution in [2.24, 2.45) is 0 Å². The summed E-state index contributed by atoms with van der Waals surface area (Å²) >= 11 is 0. The molecule has 3 aliphatic rings. The van der Waals surface area contributed by atoms with Crippen LogP contribution in [-0.2, 0) is 20.9 Å². The molecule has 1 aromatic carbocycles. The van der Waals surface area contributed by atoms with Crippen LogP contribution in [-0.4, -0.2) is 89.8 Å². The van der Waals surface area contributed by atoms with Crippen LogP contribution < -0.4 is 14.8 Å². The zero-order valence-corrected chi connectivity index (χ0v) is 21.5. The molecule has 0 bridgehead atoms. The molecule has 4 rings (SSSR count). The van der Waals surface area contributed by atoms with Gasteiger partial charge in [-0.25, -0.2) is 0 Å². The zero-order valence-electron chi connectivity index (χ0n) is 21.5. The highest BCUT2D eigenvalue weighted by Crippen LogP contribution is 2.51. The van der Waals surface area contributed by atoms with Crippen LogP contribution in [0.15, 0.2) is 23.8 Å². The topological polar surface area (TPSA) is 138 Å². The van der Waals surface area contributed by atoms with Gasteiger partial charge in [0.25, 0.3) is 0 Å². The molecule has 0 saturated heterocycles. The maximum Gasteiger partial charge on any atom is 0.249 e. The Morgan fingerprint density at radius 2 is 1.95 bits per heavy atom. The summed E-state index contributed by atoms with van der Waals surface area (Å²) in [6, 6.07) is 2.52. The molecule has 37 heavy (non-hydrogen) atoms. The highest BCUT2D eigenvalue weighted by Gasteiger charge is 2.52. The summed E-state index contributed by atoms with van der Waals surface area (Å²) in [5, 5.41) is 33.5. The van der Waals surface area contributed by atoms with E-state index in [1.54, 1.807) is 23.1 Å². The molecule has 0 aromatic heterocycles. The van der Waals surface area contributed by atoms with Gasteiger partial charge in [-0.05, 0) is 43.5 Å². The number of nitrogens with one attached hydrogen (secondary N) is 1. The Kier molecular flexibility index (Phi) is 9.07. The number of nitrogens with zero attached hydrogens (tertiary/aromatic N) is 1. The monoisotopic (exact) mass is 518 g/mol. The number of hydrogen-bond acceptors (Lipinski definition) is 8. The van der Waals surface area contributed by atoms with E-state index in [1.807, 2.05) is 6.92 Å². The first-order valence-electron chi connectivity index (χ1n) is 13.1. The third-order valence-electron chi connectivity index (χ3n) is 7.50. The molecule has 0 unspecified atom stereocenters. The lowest BCUT2D eigenvalue weighted by molar-refractivity contribution is -0.146. The molecule has 1 saturated carbocycles. The smallest absolute Gasteiger partial charge is 0.249 e. The molecule has 1 fully saturated rings. The lowest BCUT2D eigenvalue weighted by Crippen LogP contribution is -2.59. The first-order chi connectivity index (χ1) is 17.9. The van der Waals surface area contributed by atoms with Gasteiger partial charge in [0.2, 0.25) is 11.8 Å². The summed E-state index contributed by atoms with van der Waals surface area (Å²) in [7, 11) is 1.49. The van der Waals surface area contributed by atoms with Crippen molar-refractivity contribution in [3.05, 3.63) is 34.9 Å². The van der Waals surface area contributed by atoms with Crippen LogP contribution in [0, 0.1) is 0 Å². The quantitative estimate of drug-likeness (QED) is 0.360. The third kappa shape index (κ3) is 5.47. The fourth-order valence-electron chi connectivity index (χ4n) is 5.83. The molecule has 4 N–H and O–H groups in total. The van der Waals surface area contributed by atoms with Crippen molar-refractivity contribution in [1.82, 2.24) is 10.2 Å². The summed E-state index contributed by atoms with van der Waals surface area (Å²) in [6.07, 6.45) is 4.37. The van der Waals surface area contributed by atoms with Crippen LogP contribution >= 0.6 is 0 Å². The number of fused-ring (bicyclic) bond motifs is 3. The summed E-state index contributed by atoms with van der Waals surface area (Å²) in [4.78, 5) is 28.5. The fraction of sp³-hybridized carbons (Fsp3) is 0.630. The van der Waals surface area contributed by atoms with E-state index in [9.17, 15) is 24.9 Å². The van der Waals surface area contributed by atoms with Crippen LogP contribution in [0.25, 0.3) is 0 Å². The predicted molar refractivity (Wildman–Crippen MR) is 134 cm³/mol. The van der Waals surface area contributed by atoms with E-state index in [-0.39, 0.29) is 38.3 Å². The van der Waals surface area contributed by atoms with E-state index < -0.39 is 30.1 Å². The molecule has 0 spiro atoms. The summed E-state index contributed by atoms with van der Waals surface area (Å²) in [5.74, 6) is -0.494. The van der Waals surface area contributed by atoms with E-state index in [0.717, 1.165) is 32.1 Å². The molecule has 2 amide bonds. The van der Waals surface area contributed by atoms with Gasteiger partial charge in [-0.2, -0.15) is 0 Å². The van der Waals surface area contributed by atoms with Crippen molar-refractivity contribution in [2.75, 3.05) is 33.5 Å². The Labute approximate surface area is 217 Å². The van der Waals surface area contributed by atoms with Crippen molar-refractivity contribution < 1.29 is 39.1 Å². The number of carbonyl (C=O) groups is 2. The second-order valence-corrected chi connectivity index (χ2v) is 9.75. The zero-order chi connectivity index (χ0) is 26.5. The van der Waals surface area contributed by atoms with E-state index in [4.69, 9.17) is 14.2 Å². The average Bonchev–Trinajstić information content (AvgIpc) is 3.32. The van der Waals surface area contributed by atoms with Gasteiger partial charge in [-0.15, -0.1) is 0 Å². The maximum atomic E-state index is 13.4. The van der Waals surface area contributed by atoms with Crippen molar-refractivity contribution in [3.8, 4) is 11.5 Å². The van der Waals surface area contributed by atoms with Crippen LogP contribution in [0.1, 0.15) is 56.1 Å². The van der Waals surface area contributed by atoms with Gasteiger partial charge in [0.1, 0.15) is 18.8 Å². The van der Waals surface area contributed by atoms with Gasteiger partial charge in [-0.3, -0.25) is 9.59 Å². The standard InChI is InChI=1S/C27H38N2O8/c1-3-36-15-22(32)29(17-7-5-4-6-8-17)20-13-19(27(34)28-9-10-30)23-18-11-16(14-31)12-21(35-2)25(18)37-26(23)24(20)33/h11-13,17,20,23-24,26,30-31,33H,3-10,14-15H2,1-2H3,(H,28,34)/t20-,23+,24+,26+/m1/s1. The molecular weight excluding hydrogens is 480 g/mol. The van der Waals surface area contributed by atoms with Crippen molar-refractivity contribution in [1.29, 1.82) is 0 Å². The molecule has 10 nitrogen and oxygen atoms in total. The Balaban J connectivity index is 1.80. The SMILES string of the molecule is CCOCC(=O)N(C1CCCCC1)[C@@H]1C=C(C(=O)NCCO)[C@@H]2c3cc(CO)cc(OC)c3O[C@@H]2[C@H]1O. The van der Waals surface area contributed by atoms with Crippen molar-refractivity contribution in [3.63, 3.8) is 0 Å². The Morgan fingerprint density at radius 3 is 2.59 bits per heavy atom. The van der Waals surface area contributed by atoms with Gasteiger partial charge in [0, 0.05) is 30.3 Å². The number of benzene rings is 1. The molecule has 2 aliphatic carbocycles. The minimum Gasteiger partial charge on any atom is -0.493 e. The van der Waals surface area contributed by atoms with Gasteiger partial charge < -0.3 is 39.7 Å². The van der Waals surface area contributed by atoms with Crippen molar-refractivity contribution >= 4 is 11.8 Å². The number of rotatable bonds is 10. The molecule has 10 heteroatoms. The number of hydrogen-bond donors (Lipinski definition) is 4. The number of carbonyl (C=O) groups excluding carboxylic acids is 2. The second-order valence-electron chi connectivity index (χ2n) is 9.75. The van der Waals surface area contributed by atoms with Crippen LogP contribution in [0.5, 0.6) is 11.5 Å². The summed E-state index contributed by atoms with van der Waals surface area (Å²) in [5.41, 5.74) is 1.55. The van der Waals surface area contributed by atoms with Gasteiger partial charge in [0.05, 0.1) is 32.3 Å². The minimum atomic E-state index is -1.12. The van der Waals surface area contributed by atoms with E-state index in [0.29, 0.717) is 34.8 Å². The average molecular weight is 519 g/mol. The molecule has 204 valence electrons. The normalized spacial score (nSPS) is 24.9. The Bertz CT molecular complexity index is 1010. The fourth-order valence-corrected chi connectivity index (χ4v) is 5.83. The molecule has 0 radical (unpaired) electrons.